The van der Waals surface area contributed by atoms with Gasteiger partial charge in [-0.2, -0.15) is 0 Å². The monoisotopic (exact) mass is 282 g/mol. The highest BCUT2D eigenvalue weighted by atomic mass is 16.5. The Bertz CT molecular complexity index is 567. The molecule has 2 aromatic rings. The Balaban J connectivity index is 2.05. The van der Waals surface area contributed by atoms with Crippen LogP contribution in [0, 0.1) is 0 Å². The molecular weight excluding hydrogens is 264 g/mol. The molecule has 3 nitrogen and oxygen atoms in total. The number of methoxy groups -OCH3 is 1. The molecule has 0 saturated carbocycles. The maximum Gasteiger partial charge on any atom is 0.170 e. The van der Waals surface area contributed by atoms with Crippen molar-refractivity contribution in [2.75, 3.05) is 7.11 Å². The molecule has 0 spiro atoms. The minimum Gasteiger partial charge on any atom is -0.497 e. The van der Waals surface area contributed by atoms with Crippen LogP contribution in [0.5, 0.6) is 5.75 Å². The zero-order valence-electron chi connectivity index (χ0n) is 12.3. The molecule has 0 fully saturated rings. The van der Waals surface area contributed by atoms with E-state index >= 15 is 0 Å². The summed E-state index contributed by atoms with van der Waals surface area (Å²) in [5.74, 6) is 0.355. The van der Waals surface area contributed by atoms with E-state index in [4.69, 9.17) is 4.74 Å². The van der Waals surface area contributed by atoms with Crippen LogP contribution in [0.1, 0.15) is 39.6 Å². The van der Waals surface area contributed by atoms with Gasteiger partial charge in [0.25, 0.3) is 0 Å². The van der Waals surface area contributed by atoms with Gasteiger partial charge in [-0.15, -0.1) is 0 Å². The first-order valence-electron chi connectivity index (χ1n) is 6.93. The van der Waals surface area contributed by atoms with Crippen molar-refractivity contribution < 1.29 is 14.3 Å². The molecule has 0 bridgehead atoms. The molecule has 0 saturated heterocycles. The smallest absolute Gasteiger partial charge is 0.170 e. The Hall–Kier alpha value is -2.42. The fraction of sp³-hybridized carbons (Fsp3) is 0.222. The second kappa shape index (κ2) is 6.84. The maximum absolute atomic E-state index is 12.1. The molecule has 3 heteroatoms. The Kier molecular flexibility index (Phi) is 4.88. The average molecular weight is 282 g/mol. The summed E-state index contributed by atoms with van der Waals surface area (Å²) in [4.78, 5) is 24.2. The molecule has 2 rings (SSSR count). The SMILES string of the molecule is CCc1ccc(C(=O)CC(=O)c2ccc(OC)cc2)cc1. The summed E-state index contributed by atoms with van der Waals surface area (Å²) in [7, 11) is 1.57. The van der Waals surface area contributed by atoms with Gasteiger partial charge in [-0.1, -0.05) is 31.2 Å². The van der Waals surface area contributed by atoms with Crippen LogP contribution < -0.4 is 4.74 Å². The van der Waals surface area contributed by atoms with Gasteiger partial charge in [0, 0.05) is 11.1 Å². The molecule has 21 heavy (non-hydrogen) atoms. The normalized spacial score (nSPS) is 10.2. The minimum atomic E-state index is -0.178. The Morgan fingerprint density at radius 1 is 0.857 bits per heavy atom. The Morgan fingerprint density at radius 2 is 1.33 bits per heavy atom. The van der Waals surface area contributed by atoms with Gasteiger partial charge >= 0.3 is 0 Å². The number of aryl methyl sites for hydroxylation is 1. The maximum atomic E-state index is 12.1. The number of hydrogen-bond acceptors (Lipinski definition) is 3. The third-order valence-corrected chi connectivity index (χ3v) is 3.42. The number of Topliss-reactive ketones (excluding diaryl/α,β-unsaturated/α-hetero) is 2. The number of ether oxygens (including phenoxy) is 1. The van der Waals surface area contributed by atoms with Crippen LogP contribution in [-0.4, -0.2) is 18.7 Å². The van der Waals surface area contributed by atoms with Crippen LogP contribution in [0.15, 0.2) is 48.5 Å². The van der Waals surface area contributed by atoms with Crippen LogP contribution in [0.25, 0.3) is 0 Å². The van der Waals surface area contributed by atoms with Gasteiger partial charge in [-0.3, -0.25) is 9.59 Å². The third kappa shape index (κ3) is 3.78. The van der Waals surface area contributed by atoms with Crippen molar-refractivity contribution in [2.24, 2.45) is 0 Å². The fourth-order valence-corrected chi connectivity index (χ4v) is 2.05. The minimum absolute atomic E-state index is 0.113. The van der Waals surface area contributed by atoms with E-state index in [0.29, 0.717) is 16.9 Å². The molecule has 0 aromatic heterocycles. The highest BCUT2D eigenvalue weighted by Gasteiger charge is 2.13. The number of carbonyl (C=O) groups is 2. The summed E-state index contributed by atoms with van der Waals surface area (Å²) in [6.07, 6.45) is 0.817. The van der Waals surface area contributed by atoms with Crippen LogP contribution in [0.2, 0.25) is 0 Å². The fourth-order valence-electron chi connectivity index (χ4n) is 2.05. The molecule has 0 aliphatic carbocycles. The van der Waals surface area contributed by atoms with E-state index in [1.807, 2.05) is 12.1 Å². The Labute approximate surface area is 124 Å². The highest BCUT2D eigenvalue weighted by molar-refractivity contribution is 6.13. The van der Waals surface area contributed by atoms with Crippen LogP contribution >= 0.6 is 0 Å². The van der Waals surface area contributed by atoms with Crippen LogP contribution in [0.3, 0.4) is 0 Å². The van der Waals surface area contributed by atoms with Gasteiger partial charge < -0.3 is 4.74 Å². The van der Waals surface area contributed by atoms with E-state index in [1.165, 1.54) is 5.56 Å². The first kappa shape index (κ1) is 15.0. The molecule has 0 unspecified atom stereocenters. The summed E-state index contributed by atoms with van der Waals surface area (Å²) < 4.78 is 5.04. The summed E-state index contributed by atoms with van der Waals surface area (Å²) in [5, 5.41) is 0. The standard InChI is InChI=1S/C18H18O3/c1-3-13-4-6-14(7-5-13)17(19)12-18(20)15-8-10-16(21-2)11-9-15/h4-11H,3,12H2,1-2H3. The van der Waals surface area contributed by atoms with Gasteiger partial charge in [0.15, 0.2) is 11.6 Å². The molecule has 0 atom stereocenters. The van der Waals surface area contributed by atoms with Crippen molar-refractivity contribution >= 4 is 11.6 Å². The zero-order chi connectivity index (χ0) is 15.2. The van der Waals surface area contributed by atoms with E-state index in [0.717, 1.165) is 6.42 Å². The molecule has 0 amide bonds. The number of rotatable bonds is 6. The lowest BCUT2D eigenvalue weighted by Gasteiger charge is -2.04. The van der Waals surface area contributed by atoms with Crippen molar-refractivity contribution in [3.8, 4) is 5.75 Å². The lowest BCUT2D eigenvalue weighted by atomic mass is 10.0. The summed E-state index contributed by atoms with van der Waals surface area (Å²) in [5.41, 5.74) is 2.27. The summed E-state index contributed by atoms with van der Waals surface area (Å²) in [6, 6.07) is 14.2. The number of carbonyl (C=O) groups excluding carboxylic acids is 2. The van der Waals surface area contributed by atoms with E-state index in [1.54, 1.807) is 43.5 Å². The molecule has 0 N–H and O–H groups in total. The molecule has 2 aromatic carbocycles. The first-order chi connectivity index (χ1) is 10.1. The van der Waals surface area contributed by atoms with E-state index < -0.39 is 0 Å². The van der Waals surface area contributed by atoms with Crippen LogP contribution in [-0.2, 0) is 6.42 Å². The van der Waals surface area contributed by atoms with Gasteiger partial charge in [0.2, 0.25) is 0 Å². The zero-order valence-corrected chi connectivity index (χ0v) is 12.3. The predicted molar refractivity (Wildman–Crippen MR) is 82.1 cm³/mol. The number of benzene rings is 2. The lowest BCUT2D eigenvalue weighted by Crippen LogP contribution is -2.08. The van der Waals surface area contributed by atoms with Crippen molar-refractivity contribution in [2.45, 2.75) is 19.8 Å². The van der Waals surface area contributed by atoms with Crippen molar-refractivity contribution in [1.82, 2.24) is 0 Å². The second-order valence-electron chi connectivity index (χ2n) is 4.80. The quantitative estimate of drug-likeness (QED) is 0.599. The first-order valence-corrected chi connectivity index (χ1v) is 6.93. The topological polar surface area (TPSA) is 43.4 Å². The molecule has 0 aliphatic rings. The summed E-state index contributed by atoms with van der Waals surface area (Å²) in [6.45, 7) is 2.06. The number of ketones is 2. The van der Waals surface area contributed by atoms with E-state index in [2.05, 4.69) is 6.92 Å². The average Bonchev–Trinajstić information content (AvgIpc) is 2.55. The van der Waals surface area contributed by atoms with Gasteiger partial charge in [0.05, 0.1) is 13.5 Å². The second-order valence-corrected chi connectivity index (χ2v) is 4.80. The van der Waals surface area contributed by atoms with Gasteiger partial charge in [0.1, 0.15) is 5.75 Å². The predicted octanol–water partition coefficient (Wildman–Crippen LogP) is 3.71. The molecule has 108 valence electrons. The van der Waals surface area contributed by atoms with Crippen LogP contribution in [0.4, 0.5) is 0 Å². The third-order valence-electron chi connectivity index (χ3n) is 3.42. The molecule has 0 radical (unpaired) electrons. The lowest BCUT2D eigenvalue weighted by molar-refractivity contribution is 0.0894. The van der Waals surface area contributed by atoms with E-state index in [9.17, 15) is 9.59 Å². The van der Waals surface area contributed by atoms with Gasteiger partial charge in [-0.05, 0) is 36.2 Å². The molecule has 0 aliphatic heterocycles. The van der Waals surface area contributed by atoms with Gasteiger partial charge in [-0.25, -0.2) is 0 Å². The largest absolute Gasteiger partial charge is 0.497 e. The Morgan fingerprint density at radius 3 is 1.76 bits per heavy atom. The molecule has 0 heterocycles. The van der Waals surface area contributed by atoms with E-state index in [-0.39, 0.29) is 18.0 Å². The van der Waals surface area contributed by atoms with Crippen molar-refractivity contribution in [1.29, 1.82) is 0 Å². The van der Waals surface area contributed by atoms with Crippen molar-refractivity contribution in [3.63, 3.8) is 0 Å². The molecular formula is C18H18O3. The van der Waals surface area contributed by atoms with Crippen molar-refractivity contribution in [3.05, 3.63) is 65.2 Å². The number of hydrogen-bond donors (Lipinski definition) is 0. The summed E-state index contributed by atoms with van der Waals surface area (Å²) >= 11 is 0. The highest BCUT2D eigenvalue weighted by Crippen LogP contribution is 2.14.